The van der Waals surface area contributed by atoms with Crippen molar-refractivity contribution in [3.63, 3.8) is 0 Å². The second kappa shape index (κ2) is 11.6. The molecule has 0 bridgehead atoms. The Kier molecular flexibility index (Phi) is 8.13. The van der Waals surface area contributed by atoms with Crippen LogP contribution < -0.4 is 14.2 Å². The number of carbonyl (C=O) groups excluding carboxylic acids is 2. The van der Waals surface area contributed by atoms with Crippen molar-refractivity contribution in [3.05, 3.63) is 117 Å². The average molecular weight is 645 g/mol. The summed E-state index contributed by atoms with van der Waals surface area (Å²) in [5.41, 5.74) is 7.75. The molecule has 0 aliphatic carbocycles. The molecule has 0 saturated carbocycles. The Hall–Kier alpha value is -4.38. The Morgan fingerprint density at radius 3 is 1.40 bits per heavy atom. The molecule has 0 radical (unpaired) electrons. The van der Waals surface area contributed by atoms with Gasteiger partial charge in [0.05, 0.1) is 0 Å². The molecule has 2 unspecified atom stereocenters. The van der Waals surface area contributed by atoms with E-state index in [4.69, 9.17) is 14.2 Å². The SMILES string of the molecule is CC(C)c1cc(C(C)(C)C)cc2c1OC(=O)C2c1ccc(Oc2ccc(C3C(=O)Oc4c3cc(C(C)(C)C)cc4C(C)(C)C)cc2)cc1. The Morgan fingerprint density at radius 2 is 0.979 bits per heavy atom. The van der Waals surface area contributed by atoms with Gasteiger partial charge in [0.1, 0.15) is 34.8 Å². The molecule has 5 nitrogen and oxygen atoms in total. The molecule has 2 aliphatic heterocycles. The van der Waals surface area contributed by atoms with Crippen molar-refractivity contribution >= 4 is 11.9 Å². The van der Waals surface area contributed by atoms with Gasteiger partial charge in [-0.1, -0.05) is 125 Å². The number of benzene rings is 4. The van der Waals surface area contributed by atoms with Crippen molar-refractivity contribution < 1.29 is 23.8 Å². The molecule has 5 heteroatoms. The van der Waals surface area contributed by atoms with Gasteiger partial charge in [-0.15, -0.1) is 0 Å². The lowest BCUT2D eigenvalue weighted by Crippen LogP contribution is -2.17. The molecular formula is C43H48O5. The number of hydrogen-bond acceptors (Lipinski definition) is 5. The van der Waals surface area contributed by atoms with Crippen LogP contribution in [-0.4, -0.2) is 11.9 Å². The third-order valence-corrected chi connectivity index (χ3v) is 9.59. The van der Waals surface area contributed by atoms with Crippen LogP contribution in [0, 0.1) is 0 Å². The van der Waals surface area contributed by atoms with Crippen molar-refractivity contribution in [2.75, 3.05) is 0 Å². The zero-order valence-corrected chi connectivity index (χ0v) is 30.2. The van der Waals surface area contributed by atoms with Gasteiger partial charge >= 0.3 is 11.9 Å². The molecule has 250 valence electrons. The molecule has 6 rings (SSSR count). The van der Waals surface area contributed by atoms with E-state index < -0.39 is 11.8 Å². The maximum absolute atomic E-state index is 13.3. The molecule has 2 atom stereocenters. The minimum atomic E-state index is -0.499. The van der Waals surface area contributed by atoms with E-state index in [0.29, 0.717) is 23.0 Å². The quantitative estimate of drug-likeness (QED) is 0.160. The van der Waals surface area contributed by atoms with E-state index in [9.17, 15) is 9.59 Å². The van der Waals surface area contributed by atoms with Crippen LogP contribution in [0.2, 0.25) is 0 Å². The normalized spacial score (nSPS) is 17.7. The lowest BCUT2D eigenvalue weighted by atomic mass is 9.77. The van der Waals surface area contributed by atoms with E-state index in [1.54, 1.807) is 0 Å². The number of rotatable bonds is 5. The molecule has 48 heavy (non-hydrogen) atoms. The summed E-state index contributed by atoms with van der Waals surface area (Å²) < 4.78 is 18.0. The summed E-state index contributed by atoms with van der Waals surface area (Å²) >= 11 is 0. The monoisotopic (exact) mass is 644 g/mol. The highest BCUT2D eigenvalue weighted by atomic mass is 16.5. The average Bonchev–Trinajstić information content (AvgIpc) is 3.50. The van der Waals surface area contributed by atoms with Gasteiger partial charge in [0, 0.05) is 16.7 Å². The van der Waals surface area contributed by atoms with Crippen LogP contribution in [0.3, 0.4) is 0 Å². The largest absolute Gasteiger partial charge is 0.457 e. The zero-order chi connectivity index (χ0) is 34.9. The molecule has 2 heterocycles. The fourth-order valence-corrected chi connectivity index (χ4v) is 6.64. The van der Waals surface area contributed by atoms with Crippen molar-refractivity contribution in [3.8, 4) is 23.0 Å². The molecule has 0 amide bonds. The number of hydrogen-bond donors (Lipinski definition) is 0. The third-order valence-electron chi connectivity index (χ3n) is 9.59. The van der Waals surface area contributed by atoms with Gasteiger partial charge in [-0.25, -0.2) is 0 Å². The van der Waals surface area contributed by atoms with Gasteiger partial charge in [0.2, 0.25) is 0 Å². The summed E-state index contributed by atoms with van der Waals surface area (Å²) in [4.78, 5) is 26.6. The van der Waals surface area contributed by atoms with Gasteiger partial charge < -0.3 is 14.2 Å². The maximum atomic E-state index is 13.3. The number of esters is 2. The van der Waals surface area contributed by atoms with Crippen LogP contribution in [0.1, 0.15) is 138 Å². The van der Waals surface area contributed by atoms with E-state index >= 15 is 0 Å². The molecule has 2 aliphatic rings. The lowest BCUT2D eigenvalue weighted by molar-refractivity contribution is -0.134. The maximum Gasteiger partial charge on any atom is 0.323 e. The van der Waals surface area contributed by atoms with Crippen LogP contribution in [-0.2, 0) is 25.8 Å². The summed E-state index contributed by atoms with van der Waals surface area (Å²) in [6.45, 7) is 23.9. The van der Waals surface area contributed by atoms with Crippen LogP contribution in [0.4, 0.5) is 0 Å². The predicted molar refractivity (Wildman–Crippen MR) is 191 cm³/mol. The standard InChI is InChI=1S/C43H48O5/c1-24(2)31-20-27(41(3,4)5)21-32-35(39(44)47-37(31)32)25-12-16-29(17-13-25)46-30-18-14-26(15-19-30)36-33-22-28(42(6,7)8)23-34(43(9,10)11)38(33)48-40(36)45/h12-24,35-36H,1-11H3. The fraction of sp³-hybridized carbons (Fsp3) is 0.395. The van der Waals surface area contributed by atoms with Crippen LogP contribution in [0.5, 0.6) is 23.0 Å². The highest BCUT2D eigenvalue weighted by Gasteiger charge is 2.40. The minimum absolute atomic E-state index is 0.0612. The van der Waals surface area contributed by atoms with Crippen molar-refractivity contribution in [1.29, 1.82) is 0 Å². The highest BCUT2D eigenvalue weighted by molar-refractivity contribution is 5.91. The molecule has 0 fully saturated rings. The first-order valence-electron chi connectivity index (χ1n) is 17.0. The Balaban J connectivity index is 1.25. The van der Waals surface area contributed by atoms with Gasteiger partial charge in [-0.2, -0.15) is 0 Å². The molecule has 4 aromatic carbocycles. The lowest BCUT2D eigenvalue weighted by Gasteiger charge is -2.27. The van der Waals surface area contributed by atoms with E-state index in [2.05, 4.69) is 100 Å². The van der Waals surface area contributed by atoms with Crippen LogP contribution >= 0.6 is 0 Å². The molecule has 0 saturated heterocycles. The summed E-state index contributed by atoms with van der Waals surface area (Å²) in [7, 11) is 0. The number of carbonyl (C=O) groups is 2. The Labute approximate surface area is 285 Å². The predicted octanol–water partition coefficient (Wildman–Crippen LogP) is 10.6. The van der Waals surface area contributed by atoms with Gasteiger partial charge in [-0.3, -0.25) is 9.59 Å². The molecule has 0 spiro atoms. The second-order valence-electron chi connectivity index (χ2n) is 16.8. The van der Waals surface area contributed by atoms with Gasteiger partial charge in [0.15, 0.2) is 0 Å². The van der Waals surface area contributed by atoms with E-state index in [1.807, 2.05) is 48.5 Å². The topological polar surface area (TPSA) is 61.8 Å². The first-order valence-corrected chi connectivity index (χ1v) is 17.0. The summed E-state index contributed by atoms with van der Waals surface area (Å²) in [6.07, 6.45) is 0. The van der Waals surface area contributed by atoms with Crippen molar-refractivity contribution in [1.82, 2.24) is 0 Å². The van der Waals surface area contributed by atoms with Gasteiger partial charge in [0.25, 0.3) is 0 Å². The van der Waals surface area contributed by atoms with E-state index in [-0.39, 0.29) is 34.1 Å². The Bertz CT molecular complexity index is 1890. The van der Waals surface area contributed by atoms with E-state index in [1.165, 1.54) is 11.1 Å². The minimum Gasteiger partial charge on any atom is -0.457 e. The first kappa shape index (κ1) is 33.5. The molecule has 0 N–H and O–H groups in total. The molecular weight excluding hydrogens is 596 g/mol. The number of ether oxygens (including phenoxy) is 3. The smallest absolute Gasteiger partial charge is 0.323 e. The van der Waals surface area contributed by atoms with E-state index in [0.717, 1.165) is 33.4 Å². The van der Waals surface area contributed by atoms with Crippen LogP contribution in [0.25, 0.3) is 0 Å². The number of fused-ring (bicyclic) bond motifs is 2. The fourth-order valence-electron chi connectivity index (χ4n) is 6.64. The summed E-state index contributed by atoms with van der Waals surface area (Å²) in [5, 5.41) is 0. The van der Waals surface area contributed by atoms with Crippen LogP contribution in [0.15, 0.2) is 72.8 Å². The highest BCUT2D eigenvalue weighted by Crippen LogP contribution is 2.48. The molecule has 4 aromatic rings. The zero-order valence-electron chi connectivity index (χ0n) is 30.2. The third kappa shape index (κ3) is 6.16. The van der Waals surface area contributed by atoms with Crippen molar-refractivity contribution in [2.24, 2.45) is 0 Å². The second-order valence-corrected chi connectivity index (χ2v) is 16.8. The first-order chi connectivity index (χ1) is 22.3. The van der Waals surface area contributed by atoms with Gasteiger partial charge in [-0.05, 0) is 74.2 Å². The summed E-state index contributed by atoms with van der Waals surface area (Å²) in [5.74, 6) is 1.43. The Morgan fingerprint density at radius 1 is 0.562 bits per heavy atom. The van der Waals surface area contributed by atoms with Crippen molar-refractivity contribution in [2.45, 2.75) is 110 Å². The molecule has 0 aromatic heterocycles. The summed E-state index contributed by atoms with van der Waals surface area (Å²) in [6, 6.07) is 24.0.